The highest BCUT2D eigenvalue weighted by Crippen LogP contribution is 2.27. The third kappa shape index (κ3) is 4.71. The predicted molar refractivity (Wildman–Crippen MR) is 75.6 cm³/mol. The van der Waals surface area contributed by atoms with Crippen molar-refractivity contribution in [3.63, 3.8) is 0 Å². The van der Waals surface area contributed by atoms with Crippen molar-refractivity contribution < 1.29 is 9.47 Å². The van der Waals surface area contributed by atoms with Crippen LogP contribution in [-0.2, 0) is 11.3 Å². The first-order valence-corrected chi connectivity index (χ1v) is 7.86. The van der Waals surface area contributed by atoms with Crippen LogP contribution < -0.4 is 10.1 Å². The Morgan fingerprint density at radius 2 is 2.16 bits per heavy atom. The van der Waals surface area contributed by atoms with Crippen LogP contribution >= 0.6 is 11.3 Å². The first kappa shape index (κ1) is 14.7. The lowest BCUT2D eigenvalue weighted by atomic mass is 9.95. The largest absolute Gasteiger partial charge is 0.466 e. The van der Waals surface area contributed by atoms with Crippen LogP contribution in [0.2, 0.25) is 0 Å². The zero-order valence-corrected chi connectivity index (χ0v) is 12.5. The second-order valence-electron chi connectivity index (χ2n) is 4.90. The number of hydrogen-bond acceptors (Lipinski definition) is 6. The van der Waals surface area contributed by atoms with Gasteiger partial charge in [0.05, 0.1) is 6.10 Å². The second kappa shape index (κ2) is 7.77. The molecule has 1 N–H and O–H groups in total. The molecule has 0 bridgehead atoms. The van der Waals surface area contributed by atoms with Gasteiger partial charge in [0.2, 0.25) is 0 Å². The first-order chi connectivity index (χ1) is 9.31. The van der Waals surface area contributed by atoms with Gasteiger partial charge >= 0.3 is 0 Å². The molecule has 2 unspecified atom stereocenters. The highest BCUT2D eigenvalue weighted by molar-refractivity contribution is 7.13. The van der Waals surface area contributed by atoms with Crippen LogP contribution in [0.3, 0.4) is 0 Å². The third-order valence-electron chi connectivity index (χ3n) is 3.33. The summed E-state index contributed by atoms with van der Waals surface area (Å²) in [6.45, 7) is 3.94. The Morgan fingerprint density at radius 3 is 2.95 bits per heavy atom. The Labute approximate surface area is 118 Å². The molecule has 1 heterocycles. The van der Waals surface area contributed by atoms with Gasteiger partial charge in [0.1, 0.15) is 11.1 Å². The Balaban J connectivity index is 1.78. The summed E-state index contributed by atoms with van der Waals surface area (Å²) in [5.41, 5.74) is 0. The van der Waals surface area contributed by atoms with Crippen LogP contribution in [0, 0.1) is 0 Å². The van der Waals surface area contributed by atoms with Gasteiger partial charge in [0, 0.05) is 20.1 Å². The SMILES string of the molecule is CCCNCc1nnc(OC2CCCC(OC)C2)s1. The van der Waals surface area contributed by atoms with E-state index in [2.05, 4.69) is 22.4 Å². The highest BCUT2D eigenvalue weighted by atomic mass is 32.1. The van der Waals surface area contributed by atoms with Gasteiger partial charge in [0.15, 0.2) is 0 Å². The molecule has 2 atom stereocenters. The molecule has 0 radical (unpaired) electrons. The summed E-state index contributed by atoms with van der Waals surface area (Å²) >= 11 is 1.54. The standard InChI is InChI=1S/C13H23N3O2S/c1-3-7-14-9-12-15-16-13(19-12)18-11-6-4-5-10(8-11)17-2/h10-11,14H,3-9H2,1-2H3. The lowest BCUT2D eigenvalue weighted by molar-refractivity contribution is 0.0207. The Kier molecular flexibility index (Phi) is 6.00. The molecule has 0 aromatic carbocycles. The summed E-state index contributed by atoms with van der Waals surface area (Å²) < 4.78 is 11.3. The molecule has 1 aliphatic rings. The van der Waals surface area contributed by atoms with Gasteiger partial charge in [-0.25, -0.2) is 0 Å². The van der Waals surface area contributed by atoms with Crippen molar-refractivity contribution in [2.45, 2.75) is 57.8 Å². The van der Waals surface area contributed by atoms with Gasteiger partial charge in [-0.3, -0.25) is 0 Å². The maximum absolute atomic E-state index is 5.91. The van der Waals surface area contributed by atoms with Crippen LogP contribution in [0.4, 0.5) is 0 Å². The number of nitrogens with zero attached hydrogens (tertiary/aromatic N) is 2. The van der Waals surface area contributed by atoms with E-state index >= 15 is 0 Å². The monoisotopic (exact) mass is 285 g/mol. The molecule has 1 aromatic rings. The van der Waals surface area contributed by atoms with E-state index in [4.69, 9.17) is 9.47 Å². The zero-order valence-electron chi connectivity index (χ0n) is 11.7. The van der Waals surface area contributed by atoms with Gasteiger partial charge in [-0.2, -0.15) is 0 Å². The average molecular weight is 285 g/mol. The van der Waals surface area contributed by atoms with Crippen LogP contribution in [0.5, 0.6) is 5.19 Å². The number of ether oxygens (including phenoxy) is 2. The van der Waals surface area contributed by atoms with Crippen molar-refractivity contribution in [2.75, 3.05) is 13.7 Å². The molecule has 0 amide bonds. The summed E-state index contributed by atoms with van der Waals surface area (Å²) in [4.78, 5) is 0. The highest BCUT2D eigenvalue weighted by Gasteiger charge is 2.24. The third-order valence-corrected chi connectivity index (χ3v) is 4.14. The van der Waals surface area contributed by atoms with E-state index in [1.807, 2.05) is 0 Å². The van der Waals surface area contributed by atoms with E-state index in [9.17, 15) is 0 Å². The minimum atomic E-state index is 0.225. The lowest BCUT2D eigenvalue weighted by Crippen LogP contribution is -2.29. The number of methoxy groups -OCH3 is 1. The molecule has 0 aliphatic heterocycles. The molecule has 1 aliphatic carbocycles. The molecule has 6 heteroatoms. The number of nitrogens with one attached hydrogen (secondary N) is 1. The summed E-state index contributed by atoms with van der Waals surface area (Å²) in [7, 11) is 1.77. The Bertz CT molecular complexity index is 373. The molecular weight excluding hydrogens is 262 g/mol. The van der Waals surface area contributed by atoms with E-state index < -0.39 is 0 Å². The topological polar surface area (TPSA) is 56.3 Å². The Hall–Kier alpha value is -0.720. The first-order valence-electron chi connectivity index (χ1n) is 7.04. The van der Waals surface area contributed by atoms with Crippen LogP contribution in [0.25, 0.3) is 0 Å². The van der Waals surface area contributed by atoms with Gasteiger partial charge in [-0.1, -0.05) is 23.4 Å². The summed E-state index contributed by atoms with van der Waals surface area (Å²) in [5.74, 6) is 0. The van der Waals surface area contributed by atoms with E-state index in [0.717, 1.165) is 50.2 Å². The van der Waals surface area contributed by atoms with Gasteiger partial charge in [0.25, 0.3) is 5.19 Å². The number of hydrogen-bond donors (Lipinski definition) is 1. The van der Waals surface area contributed by atoms with Crippen molar-refractivity contribution in [3.05, 3.63) is 5.01 Å². The minimum Gasteiger partial charge on any atom is -0.466 e. The molecule has 1 fully saturated rings. The van der Waals surface area contributed by atoms with Crippen LogP contribution in [0.15, 0.2) is 0 Å². The van der Waals surface area contributed by atoms with Crippen molar-refractivity contribution in [1.82, 2.24) is 15.5 Å². The smallest absolute Gasteiger partial charge is 0.294 e. The second-order valence-corrected chi connectivity index (χ2v) is 5.93. The maximum atomic E-state index is 5.91. The minimum absolute atomic E-state index is 0.225. The van der Waals surface area contributed by atoms with Gasteiger partial charge in [-0.05, 0) is 32.2 Å². The van der Waals surface area contributed by atoms with Crippen molar-refractivity contribution in [2.24, 2.45) is 0 Å². The molecule has 2 rings (SSSR count). The van der Waals surface area contributed by atoms with Crippen molar-refractivity contribution >= 4 is 11.3 Å². The molecular formula is C13H23N3O2S. The number of rotatable bonds is 7. The summed E-state index contributed by atoms with van der Waals surface area (Å²) in [6.07, 6.45) is 6.02. The predicted octanol–water partition coefficient (Wildman–Crippen LogP) is 2.37. The molecule has 0 saturated heterocycles. The molecule has 0 spiro atoms. The normalized spacial score (nSPS) is 23.5. The molecule has 1 saturated carbocycles. The molecule has 108 valence electrons. The lowest BCUT2D eigenvalue weighted by Gasteiger charge is -2.27. The maximum Gasteiger partial charge on any atom is 0.294 e. The Morgan fingerprint density at radius 1 is 1.32 bits per heavy atom. The fourth-order valence-corrected chi connectivity index (χ4v) is 3.02. The van der Waals surface area contributed by atoms with E-state index in [0.29, 0.717) is 11.3 Å². The van der Waals surface area contributed by atoms with Crippen molar-refractivity contribution in [3.8, 4) is 5.19 Å². The van der Waals surface area contributed by atoms with Crippen LogP contribution in [-0.4, -0.2) is 36.1 Å². The van der Waals surface area contributed by atoms with Gasteiger partial charge in [-0.15, -0.1) is 5.10 Å². The quantitative estimate of drug-likeness (QED) is 0.780. The fourth-order valence-electron chi connectivity index (χ4n) is 2.30. The van der Waals surface area contributed by atoms with E-state index in [-0.39, 0.29) is 6.10 Å². The summed E-state index contributed by atoms with van der Waals surface area (Å²) in [6, 6.07) is 0. The molecule has 5 nitrogen and oxygen atoms in total. The average Bonchev–Trinajstić information content (AvgIpc) is 2.87. The van der Waals surface area contributed by atoms with E-state index in [1.54, 1.807) is 7.11 Å². The summed E-state index contributed by atoms with van der Waals surface area (Å²) in [5, 5.41) is 13.2. The zero-order chi connectivity index (χ0) is 13.5. The van der Waals surface area contributed by atoms with Crippen LogP contribution in [0.1, 0.15) is 44.0 Å². The molecule has 19 heavy (non-hydrogen) atoms. The van der Waals surface area contributed by atoms with E-state index in [1.165, 1.54) is 11.3 Å². The fraction of sp³-hybridized carbons (Fsp3) is 0.846. The number of aromatic nitrogens is 2. The van der Waals surface area contributed by atoms with Gasteiger partial charge < -0.3 is 14.8 Å². The van der Waals surface area contributed by atoms with Crippen molar-refractivity contribution in [1.29, 1.82) is 0 Å². The molecule has 1 aromatic heterocycles.